The van der Waals surface area contributed by atoms with Gasteiger partial charge in [-0.15, -0.1) is 0 Å². The molecule has 0 amide bonds. The summed E-state index contributed by atoms with van der Waals surface area (Å²) in [5.41, 5.74) is 0. The van der Waals surface area contributed by atoms with Crippen LogP contribution in [0, 0.1) is 0 Å². The summed E-state index contributed by atoms with van der Waals surface area (Å²) in [7, 11) is 0. The number of carbonyl (C=O) groups excluding carboxylic acids is 2. The normalized spacial score (nSPS) is 8.29. The van der Waals surface area contributed by atoms with Crippen molar-refractivity contribution in [3.63, 3.8) is 0 Å². The molecule has 0 aliphatic rings. The Morgan fingerprint density at radius 2 is 1.43 bits per heavy atom. The van der Waals surface area contributed by atoms with Crippen molar-refractivity contribution in [1.82, 2.24) is 0 Å². The van der Waals surface area contributed by atoms with Crippen LogP contribution in [0.2, 0.25) is 0 Å². The number of hydrogen-bond acceptors (Lipinski definition) is 2. The minimum absolute atomic E-state index is 0.132. The predicted octanol–water partition coefficient (Wildman–Crippen LogP) is -0.216. The maximum absolute atomic E-state index is 10.1. The van der Waals surface area contributed by atoms with Crippen molar-refractivity contribution in [3.8, 4) is 0 Å². The minimum atomic E-state index is -1.43. The van der Waals surface area contributed by atoms with Gasteiger partial charge in [-0.3, -0.25) is 0 Å². The quantitative estimate of drug-likeness (QED) is 0.660. The average molecular weight is 293 g/mol. The molecule has 0 bridgehead atoms. The van der Waals surface area contributed by atoms with Gasteiger partial charge in [-0.1, -0.05) is 0 Å². The second-order valence-corrected chi connectivity index (χ2v) is 7.68. The van der Waals surface area contributed by atoms with E-state index in [1.54, 1.807) is 0 Å². The van der Waals surface area contributed by atoms with Gasteiger partial charge in [0.2, 0.25) is 0 Å². The summed E-state index contributed by atoms with van der Waals surface area (Å²) in [6, 6.07) is 0. The van der Waals surface area contributed by atoms with Gasteiger partial charge in [-0.2, -0.15) is 0 Å². The molecule has 0 fully saturated rings. The fraction of sp³-hybridized carbons (Fsp3) is 0.500. The van der Waals surface area contributed by atoms with Gasteiger partial charge in [0.25, 0.3) is 0 Å². The van der Waals surface area contributed by atoms with E-state index >= 15 is 0 Å². The summed E-state index contributed by atoms with van der Waals surface area (Å²) < 4.78 is 0.264. The van der Waals surface area contributed by atoms with Crippen molar-refractivity contribution < 1.29 is 9.59 Å². The summed E-state index contributed by atoms with van der Waals surface area (Å²) in [5.74, 6) is 0. The molecule has 0 aliphatic heterocycles. The maximum atomic E-state index is 10.1. The molecule has 0 aromatic carbocycles. The Hall–Kier alpha value is 0.262. The molecule has 0 saturated heterocycles. The summed E-state index contributed by atoms with van der Waals surface area (Å²) in [6.07, 6.45) is 0. The Labute approximate surface area is 54.5 Å². The Balaban J connectivity index is 3.32. The van der Waals surface area contributed by atoms with Crippen molar-refractivity contribution in [1.29, 1.82) is 0 Å². The zero-order valence-corrected chi connectivity index (χ0v) is 8.20. The summed E-state index contributed by atoms with van der Waals surface area (Å²) >= 11 is -1.43. The molecule has 38 valence electrons. The fourth-order valence-corrected chi connectivity index (χ4v) is 2.18. The third-order valence-electron chi connectivity index (χ3n) is 0.352. The van der Waals surface area contributed by atoms with Crippen molar-refractivity contribution in [3.05, 3.63) is 0 Å². The van der Waals surface area contributed by atoms with E-state index < -0.39 is 24.2 Å². The van der Waals surface area contributed by atoms with E-state index in [-0.39, 0.29) is 6.68 Å². The molecule has 3 heteroatoms. The van der Waals surface area contributed by atoms with Crippen LogP contribution < -0.4 is 0 Å². The monoisotopic (exact) mass is 294 g/mol. The van der Waals surface area contributed by atoms with Crippen LogP contribution in [-0.2, 0) is 9.59 Å². The van der Waals surface area contributed by atoms with Crippen LogP contribution in [0.5, 0.6) is 0 Å². The molecule has 0 N–H and O–H groups in total. The second-order valence-electron chi connectivity index (χ2n) is 1.24. The SMILES string of the molecule is C[C](=O)[Pb][C](C)=O. The average Bonchev–Trinajstić information content (AvgIpc) is 1.27. The Morgan fingerprint density at radius 3 is 1.43 bits per heavy atom. The molecule has 0 unspecified atom stereocenters. The second kappa shape index (κ2) is 3.29. The van der Waals surface area contributed by atoms with Crippen molar-refractivity contribution in [2.75, 3.05) is 0 Å². The fourth-order valence-electron chi connectivity index (χ4n) is 0.248. The molecule has 0 aromatic heterocycles. The van der Waals surface area contributed by atoms with Gasteiger partial charge >= 0.3 is 54.4 Å². The molecular weight excluding hydrogens is 287 g/mol. The van der Waals surface area contributed by atoms with E-state index in [0.29, 0.717) is 0 Å². The number of carbonyl (C=O) groups is 2. The third kappa shape index (κ3) is 6.26. The molecule has 7 heavy (non-hydrogen) atoms. The Bertz CT molecular complexity index is 85.9. The molecule has 0 aliphatic carbocycles. The first-order valence-corrected chi connectivity index (χ1v) is 5.80. The zero-order valence-electron chi connectivity index (χ0n) is 4.32. The van der Waals surface area contributed by atoms with E-state index in [2.05, 4.69) is 0 Å². The zero-order chi connectivity index (χ0) is 5.86. The molecule has 0 spiro atoms. The first kappa shape index (κ1) is 7.26. The predicted molar refractivity (Wildman–Crippen MR) is 27.1 cm³/mol. The van der Waals surface area contributed by atoms with E-state index in [1.807, 2.05) is 0 Å². The van der Waals surface area contributed by atoms with Gasteiger partial charge < -0.3 is 0 Å². The Morgan fingerprint density at radius 1 is 1.14 bits per heavy atom. The van der Waals surface area contributed by atoms with E-state index in [1.165, 1.54) is 13.8 Å². The van der Waals surface area contributed by atoms with Gasteiger partial charge in [0.1, 0.15) is 0 Å². The molecule has 0 saturated carbocycles. The van der Waals surface area contributed by atoms with Crippen molar-refractivity contribution in [2.45, 2.75) is 13.8 Å². The standard InChI is InChI=1S/2C2H3O.Pb/c2*1-2-3;/h2*1H3;. The third-order valence-corrected chi connectivity index (χ3v) is 3.09. The van der Waals surface area contributed by atoms with Gasteiger partial charge in [0.05, 0.1) is 0 Å². The van der Waals surface area contributed by atoms with Crippen LogP contribution >= 0.6 is 0 Å². The Kier molecular flexibility index (Phi) is 3.41. The van der Waals surface area contributed by atoms with Gasteiger partial charge in [0, 0.05) is 0 Å². The molecule has 0 heterocycles. The van der Waals surface area contributed by atoms with Crippen LogP contribution in [0.1, 0.15) is 13.8 Å². The summed E-state index contributed by atoms with van der Waals surface area (Å²) in [5, 5.41) is 0. The van der Waals surface area contributed by atoms with Gasteiger partial charge in [-0.25, -0.2) is 0 Å². The first-order chi connectivity index (χ1) is 3.13. The molecule has 0 rings (SSSR count). The van der Waals surface area contributed by atoms with Crippen molar-refractivity contribution in [2.24, 2.45) is 0 Å². The number of hydrogen-bond donors (Lipinski definition) is 0. The van der Waals surface area contributed by atoms with E-state index in [4.69, 9.17) is 0 Å². The first-order valence-electron chi connectivity index (χ1n) is 1.91. The molecule has 2 nitrogen and oxygen atoms in total. The molecule has 2 radical (unpaired) electrons. The molecular formula is C4H6O2Pb. The van der Waals surface area contributed by atoms with Crippen LogP contribution in [-0.4, -0.2) is 30.9 Å². The van der Waals surface area contributed by atoms with Gasteiger partial charge in [-0.05, 0) is 0 Å². The molecule has 0 atom stereocenters. The van der Waals surface area contributed by atoms with Crippen molar-refractivity contribution >= 4 is 30.9 Å². The van der Waals surface area contributed by atoms with Crippen LogP contribution in [0.25, 0.3) is 0 Å². The number of rotatable bonds is 2. The van der Waals surface area contributed by atoms with E-state index in [0.717, 1.165) is 0 Å². The topological polar surface area (TPSA) is 34.1 Å². The molecule has 0 aromatic rings. The van der Waals surface area contributed by atoms with E-state index in [9.17, 15) is 9.59 Å². The van der Waals surface area contributed by atoms with Crippen LogP contribution in [0.15, 0.2) is 0 Å². The van der Waals surface area contributed by atoms with Crippen LogP contribution in [0.4, 0.5) is 0 Å². The van der Waals surface area contributed by atoms with Crippen LogP contribution in [0.3, 0.4) is 0 Å². The summed E-state index contributed by atoms with van der Waals surface area (Å²) in [6.45, 7) is 2.98. The van der Waals surface area contributed by atoms with Gasteiger partial charge in [0.15, 0.2) is 0 Å². The summed E-state index contributed by atoms with van der Waals surface area (Å²) in [4.78, 5) is 20.2.